The summed E-state index contributed by atoms with van der Waals surface area (Å²) in [6.45, 7) is 8.88. The van der Waals surface area contributed by atoms with E-state index in [2.05, 4.69) is 82.3 Å². The number of benzene rings is 3. The van der Waals surface area contributed by atoms with Gasteiger partial charge in [0.2, 0.25) is 0 Å². The second-order valence-corrected chi connectivity index (χ2v) is 8.62. The van der Waals surface area contributed by atoms with Gasteiger partial charge >= 0.3 is 0 Å². The van der Waals surface area contributed by atoms with Crippen LogP contribution in [-0.2, 0) is 5.41 Å². The summed E-state index contributed by atoms with van der Waals surface area (Å²) in [4.78, 5) is 5.17. The summed E-state index contributed by atoms with van der Waals surface area (Å²) in [5, 5.41) is 3.64. The van der Waals surface area contributed by atoms with Gasteiger partial charge in [-0.05, 0) is 54.8 Å². The van der Waals surface area contributed by atoms with Gasteiger partial charge in [0.15, 0.2) is 0 Å². The number of hydrogen-bond donors (Lipinski definition) is 0. The number of aromatic nitrogens is 1. The van der Waals surface area contributed by atoms with Gasteiger partial charge in [-0.15, -0.1) is 0 Å². The maximum absolute atomic E-state index is 6.32. The molecule has 0 spiro atoms. The van der Waals surface area contributed by atoms with Crippen LogP contribution >= 0.6 is 0 Å². The zero-order valence-electron chi connectivity index (χ0n) is 16.6. The zero-order valence-corrected chi connectivity index (χ0v) is 16.6. The van der Waals surface area contributed by atoms with E-state index in [1.165, 1.54) is 44.0 Å². The minimum absolute atomic E-state index is 0.179. The van der Waals surface area contributed by atoms with Crippen molar-refractivity contribution in [3.8, 4) is 11.3 Å². The first-order chi connectivity index (χ1) is 13.4. The van der Waals surface area contributed by atoms with Crippen LogP contribution in [0.1, 0.15) is 36.1 Å². The molecule has 2 nitrogen and oxygen atoms in total. The molecule has 28 heavy (non-hydrogen) atoms. The molecule has 2 heteroatoms. The van der Waals surface area contributed by atoms with Crippen LogP contribution in [0.25, 0.3) is 44.1 Å². The Bertz CT molecular complexity index is 1450. The van der Waals surface area contributed by atoms with E-state index >= 15 is 0 Å². The fourth-order valence-electron chi connectivity index (χ4n) is 4.89. The van der Waals surface area contributed by atoms with Crippen molar-refractivity contribution in [3.05, 3.63) is 76.9 Å². The van der Waals surface area contributed by atoms with E-state index in [0.717, 1.165) is 22.4 Å². The Balaban J connectivity index is 1.89. The van der Waals surface area contributed by atoms with Gasteiger partial charge in [-0.2, -0.15) is 0 Å². The van der Waals surface area contributed by atoms with Crippen LogP contribution in [0.5, 0.6) is 0 Å². The highest BCUT2D eigenvalue weighted by Gasteiger charge is 2.35. The molecule has 1 aliphatic carbocycles. The second-order valence-electron chi connectivity index (χ2n) is 8.62. The Kier molecular flexibility index (Phi) is 2.85. The zero-order chi connectivity index (χ0) is 19.2. The third-order valence-corrected chi connectivity index (χ3v) is 6.41. The van der Waals surface area contributed by atoms with Gasteiger partial charge in [0.05, 0.1) is 11.2 Å². The van der Waals surface area contributed by atoms with Crippen molar-refractivity contribution in [1.82, 2.24) is 4.98 Å². The Morgan fingerprint density at radius 1 is 0.857 bits per heavy atom. The monoisotopic (exact) mass is 363 g/mol. The maximum Gasteiger partial charge on any atom is 0.138 e. The molecule has 0 N–H and O–H groups in total. The molecule has 0 amide bonds. The van der Waals surface area contributed by atoms with E-state index in [9.17, 15) is 0 Å². The molecule has 0 bridgehead atoms. The van der Waals surface area contributed by atoms with E-state index in [1.54, 1.807) is 0 Å². The highest BCUT2D eigenvalue weighted by molar-refractivity contribution is 6.16. The maximum atomic E-state index is 6.32. The third kappa shape index (κ3) is 1.85. The van der Waals surface area contributed by atoms with Gasteiger partial charge < -0.3 is 4.42 Å². The highest BCUT2D eigenvalue weighted by Crippen LogP contribution is 2.50. The standard InChI is InChI=1S/C26H21NO/c1-14-8-11-20-16(12-14)13-19-24(27-20)17-6-5-7-21-22(17)23-18(26(19,3)4)10-9-15(2)25(23)28-21/h5-13H,1-4H3. The van der Waals surface area contributed by atoms with Crippen molar-refractivity contribution < 1.29 is 4.42 Å². The van der Waals surface area contributed by atoms with Gasteiger partial charge in [0, 0.05) is 27.1 Å². The van der Waals surface area contributed by atoms with E-state index in [0.29, 0.717) is 0 Å². The van der Waals surface area contributed by atoms with Gasteiger partial charge in [-0.3, -0.25) is 0 Å². The van der Waals surface area contributed by atoms with Gasteiger partial charge in [0.1, 0.15) is 11.2 Å². The fourth-order valence-corrected chi connectivity index (χ4v) is 4.89. The normalized spacial score (nSPS) is 14.7. The quantitative estimate of drug-likeness (QED) is 0.294. The van der Waals surface area contributed by atoms with Crippen molar-refractivity contribution in [1.29, 1.82) is 0 Å². The molecule has 1 aliphatic rings. The molecule has 3 aromatic carbocycles. The first-order valence-corrected chi connectivity index (χ1v) is 9.83. The summed E-state index contributed by atoms with van der Waals surface area (Å²) in [6, 6.07) is 19.7. The number of furan rings is 1. The molecular formula is C26H21NO. The molecule has 2 heterocycles. The van der Waals surface area contributed by atoms with Crippen LogP contribution in [0.3, 0.4) is 0 Å². The molecule has 0 fully saturated rings. The lowest BCUT2D eigenvalue weighted by molar-refractivity contribution is 0.641. The van der Waals surface area contributed by atoms with Crippen molar-refractivity contribution in [2.45, 2.75) is 33.1 Å². The average molecular weight is 363 g/mol. The summed E-state index contributed by atoms with van der Waals surface area (Å²) in [6.07, 6.45) is 0. The van der Waals surface area contributed by atoms with E-state index in [4.69, 9.17) is 9.40 Å². The second kappa shape index (κ2) is 5.02. The van der Waals surface area contributed by atoms with Crippen molar-refractivity contribution in [2.75, 3.05) is 0 Å². The Hall–Kier alpha value is -3.13. The molecule has 6 rings (SSSR count). The van der Waals surface area contributed by atoms with Gasteiger partial charge in [-0.1, -0.05) is 49.7 Å². The van der Waals surface area contributed by atoms with E-state index < -0.39 is 0 Å². The fraction of sp³-hybridized carbons (Fsp3) is 0.192. The lowest BCUT2D eigenvalue weighted by Crippen LogP contribution is -2.20. The number of aryl methyl sites for hydroxylation is 2. The summed E-state index contributed by atoms with van der Waals surface area (Å²) < 4.78 is 6.32. The molecule has 0 atom stereocenters. The number of pyridine rings is 1. The van der Waals surface area contributed by atoms with Crippen LogP contribution in [0, 0.1) is 13.8 Å². The van der Waals surface area contributed by atoms with Gasteiger partial charge in [-0.25, -0.2) is 4.98 Å². The molecular weight excluding hydrogens is 342 g/mol. The molecule has 136 valence electrons. The number of nitrogens with zero attached hydrogens (tertiary/aromatic N) is 1. The van der Waals surface area contributed by atoms with E-state index in [-0.39, 0.29) is 5.41 Å². The van der Waals surface area contributed by atoms with Crippen LogP contribution in [0.4, 0.5) is 0 Å². The summed E-state index contributed by atoms with van der Waals surface area (Å²) in [5.74, 6) is 0. The average Bonchev–Trinajstić information content (AvgIpc) is 3.04. The number of hydrogen-bond acceptors (Lipinski definition) is 2. The molecule has 0 radical (unpaired) electrons. The highest BCUT2D eigenvalue weighted by atomic mass is 16.3. The smallest absolute Gasteiger partial charge is 0.138 e. The first kappa shape index (κ1) is 15.9. The molecule has 0 aliphatic heterocycles. The predicted octanol–water partition coefficient (Wildman–Crippen LogP) is 7.06. The molecule has 5 aromatic rings. The Labute approximate surface area is 163 Å². The van der Waals surface area contributed by atoms with Crippen LogP contribution < -0.4 is 0 Å². The minimum atomic E-state index is -0.179. The molecule has 0 saturated heterocycles. The lowest BCUT2D eigenvalue weighted by Gasteiger charge is -2.28. The van der Waals surface area contributed by atoms with Crippen molar-refractivity contribution >= 4 is 32.8 Å². The Morgan fingerprint density at radius 3 is 2.57 bits per heavy atom. The number of fused-ring (bicyclic) bond motifs is 3. The van der Waals surface area contributed by atoms with Crippen LogP contribution in [0.2, 0.25) is 0 Å². The third-order valence-electron chi connectivity index (χ3n) is 6.41. The largest absolute Gasteiger partial charge is 0.456 e. The van der Waals surface area contributed by atoms with Crippen LogP contribution in [-0.4, -0.2) is 4.98 Å². The van der Waals surface area contributed by atoms with E-state index in [1.807, 2.05) is 0 Å². The van der Waals surface area contributed by atoms with Gasteiger partial charge in [0.25, 0.3) is 0 Å². The lowest BCUT2D eigenvalue weighted by atomic mass is 9.76. The van der Waals surface area contributed by atoms with Crippen molar-refractivity contribution in [3.63, 3.8) is 0 Å². The predicted molar refractivity (Wildman–Crippen MR) is 116 cm³/mol. The first-order valence-electron chi connectivity index (χ1n) is 9.83. The SMILES string of the molecule is Cc1ccc2nc3c(cc2c1)C(C)(C)c1ccc(C)c2oc4cccc-3c4c12. The Morgan fingerprint density at radius 2 is 1.71 bits per heavy atom. The summed E-state index contributed by atoms with van der Waals surface area (Å²) in [7, 11) is 0. The molecule has 2 aromatic heterocycles. The minimum Gasteiger partial charge on any atom is -0.456 e. The summed E-state index contributed by atoms with van der Waals surface area (Å²) >= 11 is 0. The summed E-state index contributed by atoms with van der Waals surface area (Å²) in [5.41, 5.74) is 10.1. The van der Waals surface area contributed by atoms with Crippen LogP contribution in [0.15, 0.2) is 59.0 Å². The van der Waals surface area contributed by atoms with Crippen molar-refractivity contribution in [2.24, 2.45) is 0 Å². The molecule has 0 saturated carbocycles. The number of rotatable bonds is 0. The molecule has 0 unspecified atom stereocenters. The topological polar surface area (TPSA) is 26.0 Å².